The average molecular weight is 221 g/mol. The molecule has 0 aliphatic carbocycles. The summed E-state index contributed by atoms with van der Waals surface area (Å²) in [4.78, 5) is 0. The van der Waals surface area contributed by atoms with Crippen molar-refractivity contribution in [2.24, 2.45) is 0 Å². The van der Waals surface area contributed by atoms with Gasteiger partial charge in [0.25, 0.3) is 0 Å². The molecule has 0 N–H and O–H groups in total. The lowest BCUT2D eigenvalue weighted by atomic mass is 10.2. The van der Waals surface area contributed by atoms with E-state index in [1.54, 1.807) is 0 Å². The standard InChI is InChI=1S/C10H22O3P/c1-4-5-6-7-8-9-12-14(11)13-10(2)3/h10H,4-9H2,1-3H3/q+1. The molecule has 0 heterocycles. The molecule has 0 aromatic heterocycles. The van der Waals surface area contributed by atoms with Crippen molar-refractivity contribution in [2.75, 3.05) is 6.61 Å². The Morgan fingerprint density at radius 2 is 1.79 bits per heavy atom. The van der Waals surface area contributed by atoms with Crippen LogP contribution < -0.4 is 0 Å². The van der Waals surface area contributed by atoms with Crippen molar-refractivity contribution in [1.29, 1.82) is 0 Å². The molecule has 14 heavy (non-hydrogen) atoms. The fraction of sp³-hybridized carbons (Fsp3) is 1.00. The van der Waals surface area contributed by atoms with Gasteiger partial charge < -0.3 is 0 Å². The maximum atomic E-state index is 11.0. The lowest BCUT2D eigenvalue weighted by Crippen LogP contribution is -1.96. The van der Waals surface area contributed by atoms with E-state index in [1.807, 2.05) is 13.8 Å². The van der Waals surface area contributed by atoms with Gasteiger partial charge >= 0.3 is 8.25 Å². The van der Waals surface area contributed by atoms with Crippen molar-refractivity contribution >= 4 is 8.25 Å². The van der Waals surface area contributed by atoms with Gasteiger partial charge in [-0.05, 0) is 20.3 Å². The summed E-state index contributed by atoms with van der Waals surface area (Å²) in [5, 5.41) is 0. The molecule has 4 heteroatoms. The van der Waals surface area contributed by atoms with E-state index in [-0.39, 0.29) is 6.10 Å². The van der Waals surface area contributed by atoms with E-state index in [4.69, 9.17) is 9.05 Å². The summed E-state index contributed by atoms with van der Waals surface area (Å²) in [5.74, 6) is 0. The number of rotatable bonds is 9. The van der Waals surface area contributed by atoms with Gasteiger partial charge in [0.05, 0.1) is 0 Å². The van der Waals surface area contributed by atoms with Crippen molar-refractivity contribution in [1.82, 2.24) is 0 Å². The van der Waals surface area contributed by atoms with Crippen LogP contribution in [-0.2, 0) is 13.6 Å². The molecule has 0 spiro atoms. The first-order chi connectivity index (χ1) is 6.66. The second-order valence-electron chi connectivity index (χ2n) is 3.63. The third-order valence-corrected chi connectivity index (χ3v) is 2.73. The molecule has 0 fully saturated rings. The van der Waals surface area contributed by atoms with E-state index >= 15 is 0 Å². The fourth-order valence-corrected chi connectivity index (χ4v) is 1.73. The van der Waals surface area contributed by atoms with E-state index in [2.05, 4.69) is 6.92 Å². The predicted molar refractivity (Wildman–Crippen MR) is 58.5 cm³/mol. The SMILES string of the molecule is CCCCCCCO[P+](=O)OC(C)C. The van der Waals surface area contributed by atoms with E-state index in [0.29, 0.717) is 6.61 Å². The van der Waals surface area contributed by atoms with Gasteiger partial charge in [-0.2, -0.15) is 0 Å². The second-order valence-corrected chi connectivity index (χ2v) is 4.54. The first-order valence-electron chi connectivity index (χ1n) is 5.43. The fourth-order valence-electron chi connectivity index (χ4n) is 1.05. The number of hydrogen-bond donors (Lipinski definition) is 0. The Bertz CT molecular complexity index is 148. The minimum Gasteiger partial charge on any atom is -0.119 e. The van der Waals surface area contributed by atoms with E-state index in [0.717, 1.165) is 12.8 Å². The highest BCUT2D eigenvalue weighted by Gasteiger charge is 2.21. The van der Waals surface area contributed by atoms with E-state index in [1.165, 1.54) is 19.3 Å². The summed E-state index contributed by atoms with van der Waals surface area (Å²) >= 11 is 0. The Balaban J connectivity index is 3.15. The largest absolute Gasteiger partial charge is 0.697 e. The Morgan fingerprint density at radius 3 is 2.36 bits per heavy atom. The van der Waals surface area contributed by atoms with Gasteiger partial charge in [-0.15, -0.1) is 9.05 Å². The molecule has 0 rings (SSSR count). The van der Waals surface area contributed by atoms with Crippen LogP contribution in [0.3, 0.4) is 0 Å². The third-order valence-electron chi connectivity index (χ3n) is 1.74. The highest BCUT2D eigenvalue weighted by Crippen LogP contribution is 2.26. The maximum absolute atomic E-state index is 11.0. The maximum Gasteiger partial charge on any atom is 0.697 e. The van der Waals surface area contributed by atoms with Crippen molar-refractivity contribution in [3.05, 3.63) is 0 Å². The first-order valence-corrected chi connectivity index (χ1v) is 6.53. The molecule has 0 radical (unpaired) electrons. The monoisotopic (exact) mass is 221 g/mol. The topological polar surface area (TPSA) is 35.5 Å². The minimum atomic E-state index is -1.89. The molecule has 84 valence electrons. The van der Waals surface area contributed by atoms with Crippen molar-refractivity contribution in [3.8, 4) is 0 Å². The molecular formula is C10H22O3P+. The molecule has 0 aromatic rings. The minimum absolute atomic E-state index is 0.0290. The first kappa shape index (κ1) is 14.0. The van der Waals surface area contributed by atoms with Gasteiger partial charge in [0.15, 0.2) is 0 Å². The van der Waals surface area contributed by atoms with Crippen LogP contribution in [0.1, 0.15) is 52.9 Å². The highest BCUT2D eigenvalue weighted by atomic mass is 31.1. The summed E-state index contributed by atoms with van der Waals surface area (Å²) in [6, 6.07) is 0. The summed E-state index contributed by atoms with van der Waals surface area (Å²) in [5.41, 5.74) is 0. The molecule has 0 bridgehead atoms. The highest BCUT2D eigenvalue weighted by molar-refractivity contribution is 7.33. The van der Waals surface area contributed by atoms with Gasteiger partial charge in [0.1, 0.15) is 12.7 Å². The van der Waals surface area contributed by atoms with Crippen LogP contribution in [0.2, 0.25) is 0 Å². The summed E-state index contributed by atoms with van der Waals surface area (Å²) < 4.78 is 21.0. The average Bonchev–Trinajstić information content (AvgIpc) is 2.10. The Labute approximate surface area is 88.1 Å². The molecule has 3 nitrogen and oxygen atoms in total. The van der Waals surface area contributed by atoms with Gasteiger partial charge in [0.2, 0.25) is 0 Å². The van der Waals surface area contributed by atoms with Crippen molar-refractivity contribution < 1.29 is 13.6 Å². The van der Waals surface area contributed by atoms with Crippen LogP contribution in [0, 0.1) is 0 Å². The Morgan fingerprint density at radius 1 is 1.14 bits per heavy atom. The van der Waals surface area contributed by atoms with Crippen molar-refractivity contribution in [3.63, 3.8) is 0 Å². The lowest BCUT2D eigenvalue weighted by molar-refractivity contribution is 0.185. The molecule has 0 aliphatic rings. The zero-order valence-corrected chi connectivity index (χ0v) is 10.4. The van der Waals surface area contributed by atoms with Crippen molar-refractivity contribution in [2.45, 2.75) is 59.0 Å². The van der Waals surface area contributed by atoms with Crippen LogP contribution >= 0.6 is 8.25 Å². The van der Waals surface area contributed by atoms with E-state index < -0.39 is 8.25 Å². The zero-order valence-electron chi connectivity index (χ0n) is 9.49. The van der Waals surface area contributed by atoms with Gasteiger partial charge in [-0.3, -0.25) is 0 Å². The van der Waals surface area contributed by atoms with Crippen LogP contribution in [-0.4, -0.2) is 12.7 Å². The van der Waals surface area contributed by atoms with Crippen LogP contribution in [0.25, 0.3) is 0 Å². The smallest absolute Gasteiger partial charge is 0.119 e. The number of hydrogen-bond acceptors (Lipinski definition) is 3. The van der Waals surface area contributed by atoms with Crippen LogP contribution in [0.5, 0.6) is 0 Å². The number of unbranched alkanes of at least 4 members (excludes halogenated alkanes) is 4. The van der Waals surface area contributed by atoms with Gasteiger partial charge in [-0.25, -0.2) is 0 Å². The van der Waals surface area contributed by atoms with Crippen LogP contribution in [0.4, 0.5) is 0 Å². The molecule has 1 unspecified atom stereocenters. The van der Waals surface area contributed by atoms with Crippen LogP contribution in [0.15, 0.2) is 0 Å². The lowest BCUT2D eigenvalue weighted by Gasteiger charge is -1.96. The predicted octanol–water partition coefficient (Wildman–Crippen LogP) is 4.06. The van der Waals surface area contributed by atoms with Gasteiger partial charge in [0, 0.05) is 4.57 Å². The normalized spacial score (nSPS) is 12.1. The molecule has 0 saturated heterocycles. The Hall–Kier alpha value is 0.0200. The second kappa shape index (κ2) is 9.57. The molecule has 0 saturated carbocycles. The van der Waals surface area contributed by atoms with Gasteiger partial charge in [-0.1, -0.05) is 32.6 Å². The Kier molecular flexibility index (Phi) is 9.58. The van der Waals surface area contributed by atoms with E-state index in [9.17, 15) is 4.57 Å². The molecule has 0 aliphatic heterocycles. The quantitative estimate of drug-likeness (QED) is 0.435. The molecule has 0 aromatic carbocycles. The third kappa shape index (κ3) is 10.1. The zero-order chi connectivity index (χ0) is 10.8. The molecule has 1 atom stereocenters. The summed E-state index contributed by atoms with van der Waals surface area (Å²) in [6.45, 7) is 6.42. The summed E-state index contributed by atoms with van der Waals surface area (Å²) in [7, 11) is -1.89. The summed E-state index contributed by atoms with van der Waals surface area (Å²) in [6.07, 6.45) is 5.85. The molecule has 0 amide bonds. The molecular weight excluding hydrogens is 199 g/mol.